The van der Waals surface area contributed by atoms with Gasteiger partial charge in [-0.15, -0.1) is 0 Å². The number of nitrogen functional groups attached to an aromatic ring is 1. The average molecular weight is 257 g/mol. The molecule has 0 aromatic heterocycles. The number of nitrogens with one attached hydrogen (secondary N) is 1. The van der Waals surface area contributed by atoms with Gasteiger partial charge in [0.1, 0.15) is 5.84 Å². The molecule has 3 N–H and O–H groups in total. The predicted molar refractivity (Wildman–Crippen MR) is 78.2 cm³/mol. The Bertz CT molecular complexity index is 469. The molecule has 2 fully saturated rings. The summed E-state index contributed by atoms with van der Waals surface area (Å²) in [4.78, 5) is 2.65. The second-order valence-electron chi connectivity index (χ2n) is 5.99. The van der Waals surface area contributed by atoms with Crippen molar-refractivity contribution in [3.05, 3.63) is 35.4 Å². The number of nitrogens with two attached hydrogens (primary N) is 1. The molecule has 1 saturated carbocycles. The summed E-state index contributed by atoms with van der Waals surface area (Å²) >= 11 is 0. The zero-order valence-electron chi connectivity index (χ0n) is 11.4. The Morgan fingerprint density at radius 2 is 2.11 bits per heavy atom. The van der Waals surface area contributed by atoms with Crippen LogP contribution >= 0.6 is 0 Å². The summed E-state index contributed by atoms with van der Waals surface area (Å²) in [6, 6.07) is 8.96. The molecule has 102 valence electrons. The maximum atomic E-state index is 7.53. The number of fused-ring (bicyclic) bond motifs is 1. The van der Waals surface area contributed by atoms with Gasteiger partial charge >= 0.3 is 0 Å². The third-order valence-corrected chi connectivity index (χ3v) is 4.73. The molecule has 0 bridgehead atoms. The van der Waals surface area contributed by atoms with E-state index in [0.717, 1.165) is 24.1 Å². The fourth-order valence-electron chi connectivity index (χ4n) is 3.83. The van der Waals surface area contributed by atoms with Gasteiger partial charge in [-0.05, 0) is 49.8 Å². The highest BCUT2D eigenvalue weighted by atomic mass is 15.2. The van der Waals surface area contributed by atoms with Crippen molar-refractivity contribution in [2.75, 3.05) is 6.54 Å². The van der Waals surface area contributed by atoms with Crippen LogP contribution in [0.25, 0.3) is 0 Å². The van der Waals surface area contributed by atoms with Gasteiger partial charge in [0.05, 0.1) is 0 Å². The van der Waals surface area contributed by atoms with E-state index < -0.39 is 0 Å². The van der Waals surface area contributed by atoms with E-state index in [0.29, 0.717) is 0 Å². The monoisotopic (exact) mass is 257 g/mol. The normalized spacial score (nSPS) is 27.2. The van der Waals surface area contributed by atoms with Crippen LogP contribution in [0.1, 0.15) is 43.2 Å². The summed E-state index contributed by atoms with van der Waals surface area (Å²) in [7, 11) is 0. The summed E-state index contributed by atoms with van der Waals surface area (Å²) in [5, 5.41) is 7.53. The minimum atomic E-state index is 0.166. The first-order chi connectivity index (χ1) is 9.24. The van der Waals surface area contributed by atoms with Crippen LogP contribution in [0.15, 0.2) is 24.3 Å². The summed E-state index contributed by atoms with van der Waals surface area (Å²) in [5.41, 5.74) is 7.71. The van der Waals surface area contributed by atoms with E-state index in [1.54, 1.807) is 0 Å². The van der Waals surface area contributed by atoms with Gasteiger partial charge < -0.3 is 5.73 Å². The minimum Gasteiger partial charge on any atom is -0.384 e. The third-order valence-electron chi connectivity index (χ3n) is 4.73. The van der Waals surface area contributed by atoms with Crippen LogP contribution in [0.5, 0.6) is 0 Å². The summed E-state index contributed by atoms with van der Waals surface area (Å²) < 4.78 is 0. The quantitative estimate of drug-likeness (QED) is 0.646. The lowest BCUT2D eigenvalue weighted by Gasteiger charge is -2.37. The topological polar surface area (TPSA) is 53.1 Å². The third kappa shape index (κ3) is 2.66. The lowest BCUT2D eigenvalue weighted by molar-refractivity contribution is 0.106. The number of nitrogens with zero attached hydrogens (tertiary/aromatic N) is 1. The molecule has 1 aliphatic carbocycles. The molecule has 0 amide bonds. The van der Waals surface area contributed by atoms with Gasteiger partial charge in [0.25, 0.3) is 0 Å². The molecule has 2 aliphatic rings. The zero-order chi connectivity index (χ0) is 13.2. The van der Waals surface area contributed by atoms with E-state index in [-0.39, 0.29) is 5.84 Å². The van der Waals surface area contributed by atoms with Crippen LogP contribution in [0, 0.1) is 11.3 Å². The molecule has 19 heavy (non-hydrogen) atoms. The Balaban J connectivity index is 1.73. The largest absolute Gasteiger partial charge is 0.384 e. The van der Waals surface area contributed by atoms with Gasteiger partial charge in [0.2, 0.25) is 0 Å². The molecule has 1 aromatic carbocycles. The van der Waals surface area contributed by atoms with Crippen LogP contribution < -0.4 is 5.73 Å². The highest BCUT2D eigenvalue weighted by molar-refractivity contribution is 5.95. The van der Waals surface area contributed by atoms with E-state index in [9.17, 15) is 0 Å². The lowest BCUT2D eigenvalue weighted by Crippen LogP contribution is -2.41. The van der Waals surface area contributed by atoms with Crippen LogP contribution in [0.2, 0.25) is 0 Å². The van der Waals surface area contributed by atoms with Crippen molar-refractivity contribution in [3.8, 4) is 0 Å². The Kier molecular flexibility index (Phi) is 3.56. The fourth-order valence-corrected chi connectivity index (χ4v) is 3.83. The summed E-state index contributed by atoms with van der Waals surface area (Å²) in [6.07, 6.45) is 6.97. The molecule has 1 aliphatic heterocycles. The fraction of sp³-hybridized carbons (Fsp3) is 0.562. The van der Waals surface area contributed by atoms with E-state index in [2.05, 4.69) is 17.0 Å². The molecule has 0 radical (unpaired) electrons. The second-order valence-corrected chi connectivity index (χ2v) is 5.99. The lowest BCUT2D eigenvalue weighted by atomic mass is 9.91. The van der Waals surface area contributed by atoms with Gasteiger partial charge in [-0.1, -0.05) is 24.6 Å². The van der Waals surface area contributed by atoms with Gasteiger partial charge in [-0.25, -0.2) is 0 Å². The van der Waals surface area contributed by atoms with Crippen molar-refractivity contribution in [1.29, 1.82) is 5.41 Å². The Morgan fingerprint density at radius 3 is 2.95 bits per heavy atom. The second kappa shape index (κ2) is 5.33. The van der Waals surface area contributed by atoms with Crippen LogP contribution in [-0.2, 0) is 6.54 Å². The van der Waals surface area contributed by atoms with Gasteiger partial charge in [-0.3, -0.25) is 10.3 Å². The Morgan fingerprint density at radius 1 is 1.26 bits per heavy atom. The van der Waals surface area contributed by atoms with Crippen molar-refractivity contribution in [2.45, 2.75) is 44.7 Å². The number of hydrogen-bond acceptors (Lipinski definition) is 2. The first-order valence-electron chi connectivity index (χ1n) is 7.41. The molecular weight excluding hydrogens is 234 g/mol. The molecular formula is C16H23N3. The van der Waals surface area contributed by atoms with Gasteiger partial charge in [-0.2, -0.15) is 0 Å². The van der Waals surface area contributed by atoms with E-state index in [1.165, 1.54) is 44.2 Å². The highest BCUT2D eigenvalue weighted by Crippen LogP contribution is 2.37. The van der Waals surface area contributed by atoms with Crippen molar-refractivity contribution in [1.82, 2.24) is 4.90 Å². The van der Waals surface area contributed by atoms with Crippen LogP contribution in [0.3, 0.4) is 0 Å². The van der Waals surface area contributed by atoms with Crippen molar-refractivity contribution >= 4 is 5.84 Å². The van der Waals surface area contributed by atoms with Crippen molar-refractivity contribution in [3.63, 3.8) is 0 Å². The van der Waals surface area contributed by atoms with E-state index in [4.69, 9.17) is 11.1 Å². The molecule has 2 atom stereocenters. The predicted octanol–water partition coefficient (Wildman–Crippen LogP) is 2.74. The van der Waals surface area contributed by atoms with Crippen molar-refractivity contribution in [2.24, 2.45) is 11.7 Å². The Hall–Kier alpha value is -1.35. The molecule has 3 heteroatoms. The molecule has 1 heterocycles. The molecule has 3 rings (SSSR count). The SMILES string of the molecule is N=C(N)c1cccc(CN2CCCC3CCCC32)c1. The number of rotatable bonds is 3. The molecule has 0 spiro atoms. The van der Waals surface area contributed by atoms with E-state index >= 15 is 0 Å². The number of hydrogen-bond donors (Lipinski definition) is 2. The minimum absolute atomic E-state index is 0.166. The first kappa shape index (κ1) is 12.7. The summed E-state index contributed by atoms with van der Waals surface area (Å²) in [5.74, 6) is 1.10. The zero-order valence-corrected chi connectivity index (χ0v) is 11.4. The number of piperidine rings is 1. The number of amidine groups is 1. The smallest absolute Gasteiger partial charge is 0.122 e. The molecule has 1 saturated heterocycles. The van der Waals surface area contributed by atoms with E-state index in [1.807, 2.05) is 12.1 Å². The van der Waals surface area contributed by atoms with Gasteiger partial charge in [0.15, 0.2) is 0 Å². The van der Waals surface area contributed by atoms with Crippen LogP contribution in [-0.4, -0.2) is 23.3 Å². The summed E-state index contributed by atoms with van der Waals surface area (Å²) in [6.45, 7) is 2.24. The Labute approximate surface area is 115 Å². The van der Waals surface area contributed by atoms with Crippen LogP contribution in [0.4, 0.5) is 0 Å². The van der Waals surface area contributed by atoms with Gasteiger partial charge in [0, 0.05) is 18.2 Å². The maximum Gasteiger partial charge on any atom is 0.122 e. The highest BCUT2D eigenvalue weighted by Gasteiger charge is 2.34. The molecule has 3 nitrogen and oxygen atoms in total. The molecule has 1 aromatic rings. The first-order valence-corrected chi connectivity index (χ1v) is 7.41. The number of benzene rings is 1. The number of likely N-dealkylation sites (tertiary alicyclic amines) is 1. The maximum absolute atomic E-state index is 7.53. The standard InChI is InChI=1S/C16H23N3/c17-16(18)14-6-1-4-12(10-14)11-19-9-3-7-13-5-2-8-15(13)19/h1,4,6,10,13,15H,2-3,5,7-9,11H2,(H3,17,18). The molecule has 2 unspecified atom stereocenters. The van der Waals surface area contributed by atoms with Crippen molar-refractivity contribution < 1.29 is 0 Å². The average Bonchev–Trinajstić information content (AvgIpc) is 2.88.